The molecule has 1 aromatic heterocycles. The molecule has 0 saturated carbocycles. The van der Waals surface area contributed by atoms with E-state index in [0.717, 1.165) is 13.7 Å². The van der Waals surface area contributed by atoms with Crippen molar-refractivity contribution in [1.82, 2.24) is 9.55 Å². The normalized spacial score (nSPS) is 10.4. The molecule has 2 aromatic rings. The van der Waals surface area contributed by atoms with Crippen LogP contribution in [-0.4, -0.2) is 9.55 Å². The molecule has 0 bridgehead atoms. The van der Waals surface area contributed by atoms with Gasteiger partial charge < -0.3 is 4.98 Å². The Morgan fingerprint density at radius 3 is 2.62 bits per heavy atom. The Morgan fingerprint density at radius 1 is 1.25 bits per heavy atom. The number of nitrogens with zero attached hydrogens (tertiary/aromatic N) is 1. The highest BCUT2D eigenvalue weighted by molar-refractivity contribution is 14.1. The Labute approximate surface area is 105 Å². The maximum absolute atomic E-state index is 11.5. The van der Waals surface area contributed by atoms with Crippen LogP contribution >= 0.6 is 22.6 Å². The maximum Gasteiger partial charge on any atom is 0.328 e. The van der Waals surface area contributed by atoms with Crippen molar-refractivity contribution in [3.8, 4) is 11.3 Å². The second-order valence-corrected chi connectivity index (χ2v) is 4.64. The van der Waals surface area contributed by atoms with Gasteiger partial charge in [0.25, 0.3) is 5.56 Å². The summed E-state index contributed by atoms with van der Waals surface area (Å²) in [4.78, 5) is 25.5. The lowest BCUT2D eigenvalue weighted by Crippen LogP contribution is -2.32. The summed E-state index contributed by atoms with van der Waals surface area (Å²) in [5.41, 5.74) is 0.673. The van der Waals surface area contributed by atoms with Crippen LogP contribution in [0.4, 0.5) is 0 Å². The summed E-state index contributed by atoms with van der Waals surface area (Å²) in [7, 11) is 1.44. The number of hydrogen-bond donors (Lipinski definition) is 1. The van der Waals surface area contributed by atoms with Gasteiger partial charge in [-0.15, -0.1) is 0 Å². The molecule has 0 unspecified atom stereocenters. The Morgan fingerprint density at radius 2 is 2.00 bits per heavy atom. The largest absolute Gasteiger partial charge is 0.328 e. The number of hydrogen-bond acceptors (Lipinski definition) is 2. The zero-order chi connectivity index (χ0) is 11.7. The molecule has 2 rings (SSSR count). The standard InChI is InChI=1S/C11H9IN2O2/c1-14-10(15)6-9(13-11(14)16)7-3-2-4-8(12)5-7/h2-6H,1H3,(H,13,16). The van der Waals surface area contributed by atoms with Crippen molar-refractivity contribution in [3.63, 3.8) is 0 Å². The number of benzene rings is 1. The van der Waals surface area contributed by atoms with Crippen LogP contribution in [0.3, 0.4) is 0 Å². The lowest BCUT2D eigenvalue weighted by molar-refractivity contribution is 0.778. The van der Waals surface area contributed by atoms with Crippen molar-refractivity contribution < 1.29 is 0 Å². The summed E-state index contributed by atoms with van der Waals surface area (Å²) in [6.45, 7) is 0. The van der Waals surface area contributed by atoms with Crippen molar-refractivity contribution in [2.24, 2.45) is 7.05 Å². The molecule has 0 spiro atoms. The van der Waals surface area contributed by atoms with Crippen LogP contribution < -0.4 is 11.2 Å². The lowest BCUT2D eigenvalue weighted by Gasteiger charge is -2.03. The van der Waals surface area contributed by atoms with Gasteiger partial charge in [0.15, 0.2) is 0 Å². The number of aromatic nitrogens is 2. The van der Waals surface area contributed by atoms with Gasteiger partial charge in [-0.05, 0) is 40.3 Å². The van der Waals surface area contributed by atoms with Crippen LogP contribution in [0.5, 0.6) is 0 Å². The van der Waals surface area contributed by atoms with Crippen LogP contribution in [-0.2, 0) is 7.05 Å². The summed E-state index contributed by atoms with van der Waals surface area (Å²) in [5.74, 6) is 0. The van der Waals surface area contributed by atoms with Crippen molar-refractivity contribution >= 4 is 22.6 Å². The third-order valence-corrected chi connectivity index (χ3v) is 2.95. The highest BCUT2D eigenvalue weighted by Gasteiger charge is 2.03. The molecule has 0 aliphatic rings. The van der Waals surface area contributed by atoms with E-state index in [0.29, 0.717) is 5.69 Å². The van der Waals surface area contributed by atoms with E-state index in [9.17, 15) is 9.59 Å². The summed E-state index contributed by atoms with van der Waals surface area (Å²) in [6.07, 6.45) is 0. The highest BCUT2D eigenvalue weighted by Crippen LogP contribution is 2.16. The van der Waals surface area contributed by atoms with E-state index in [-0.39, 0.29) is 5.56 Å². The molecule has 82 valence electrons. The van der Waals surface area contributed by atoms with Gasteiger partial charge in [-0.1, -0.05) is 12.1 Å². The Hall–Kier alpha value is -1.37. The van der Waals surface area contributed by atoms with Crippen LogP contribution in [0.25, 0.3) is 11.3 Å². The molecular weight excluding hydrogens is 319 g/mol. The van der Waals surface area contributed by atoms with E-state index in [2.05, 4.69) is 27.6 Å². The van der Waals surface area contributed by atoms with Gasteiger partial charge in [-0.25, -0.2) is 4.79 Å². The molecule has 0 aliphatic heterocycles. The van der Waals surface area contributed by atoms with Gasteiger partial charge >= 0.3 is 5.69 Å². The number of H-pyrrole nitrogens is 1. The minimum Gasteiger partial charge on any atom is -0.307 e. The third kappa shape index (κ3) is 2.08. The average molecular weight is 328 g/mol. The van der Waals surface area contributed by atoms with Crippen molar-refractivity contribution in [2.45, 2.75) is 0 Å². The number of aromatic amines is 1. The molecule has 0 aliphatic carbocycles. The van der Waals surface area contributed by atoms with Crippen molar-refractivity contribution in [2.75, 3.05) is 0 Å². The topological polar surface area (TPSA) is 54.9 Å². The van der Waals surface area contributed by atoms with E-state index < -0.39 is 5.69 Å². The minimum atomic E-state index is -0.402. The number of rotatable bonds is 1. The average Bonchev–Trinajstić information content (AvgIpc) is 2.25. The molecule has 0 radical (unpaired) electrons. The molecule has 1 aromatic carbocycles. The summed E-state index contributed by atoms with van der Waals surface area (Å²) in [6, 6.07) is 9.01. The third-order valence-electron chi connectivity index (χ3n) is 2.28. The Kier molecular flexibility index (Phi) is 2.95. The molecule has 1 N–H and O–H groups in total. The van der Waals surface area contributed by atoms with E-state index in [1.807, 2.05) is 24.3 Å². The fourth-order valence-electron chi connectivity index (χ4n) is 1.37. The first-order chi connectivity index (χ1) is 7.58. The molecule has 5 heteroatoms. The van der Waals surface area contributed by atoms with Crippen LogP contribution in [0.15, 0.2) is 39.9 Å². The molecule has 1 heterocycles. The molecular formula is C11H9IN2O2. The Bertz CT molecular complexity index is 612. The second-order valence-electron chi connectivity index (χ2n) is 3.40. The molecule has 0 saturated heterocycles. The van der Waals surface area contributed by atoms with E-state index in [4.69, 9.17) is 0 Å². The summed E-state index contributed by atoms with van der Waals surface area (Å²) >= 11 is 2.18. The van der Waals surface area contributed by atoms with Gasteiger partial charge in [-0.3, -0.25) is 9.36 Å². The summed E-state index contributed by atoms with van der Waals surface area (Å²) < 4.78 is 2.09. The first-order valence-corrected chi connectivity index (χ1v) is 5.72. The predicted octanol–water partition coefficient (Wildman–Crippen LogP) is 1.35. The fraction of sp³-hybridized carbons (Fsp3) is 0.0909. The molecule has 0 amide bonds. The quantitative estimate of drug-likeness (QED) is 0.804. The lowest BCUT2D eigenvalue weighted by atomic mass is 10.1. The van der Waals surface area contributed by atoms with Gasteiger partial charge in [0, 0.05) is 16.7 Å². The van der Waals surface area contributed by atoms with Gasteiger partial charge in [-0.2, -0.15) is 0 Å². The van der Waals surface area contributed by atoms with Crippen LogP contribution in [0, 0.1) is 3.57 Å². The first-order valence-electron chi connectivity index (χ1n) is 4.64. The zero-order valence-electron chi connectivity index (χ0n) is 8.53. The van der Waals surface area contributed by atoms with E-state index in [1.54, 1.807) is 0 Å². The summed E-state index contributed by atoms with van der Waals surface area (Å²) in [5, 5.41) is 0. The monoisotopic (exact) mass is 328 g/mol. The second kappa shape index (κ2) is 4.25. The smallest absolute Gasteiger partial charge is 0.307 e. The first kappa shape index (κ1) is 11.1. The predicted molar refractivity (Wildman–Crippen MR) is 70.5 cm³/mol. The molecule has 4 nitrogen and oxygen atoms in total. The Balaban J connectivity index is 2.66. The highest BCUT2D eigenvalue weighted by atomic mass is 127. The number of nitrogens with one attached hydrogen (secondary N) is 1. The van der Waals surface area contributed by atoms with Crippen LogP contribution in [0.1, 0.15) is 0 Å². The fourth-order valence-corrected chi connectivity index (χ4v) is 1.91. The molecule has 0 fully saturated rings. The zero-order valence-corrected chi connectivity index (χ0v) is 10.7. The maximum atomic E-state index is 11.5. The SMILES string of the molecule is Cn1c(=O)cc(-c2cccc(I)c2)[nH]c1=O. The number of halogens is 1. The minimum absolute atomic E-state index is 0.308. The van der Waals surface area contributed by atoms with Crippen molar-refractivity contribution in [1.29, 1.82) is 0 Å². The van der Waals surface area contributed by atoms with Gasteiger partial charge in [0.05, 0.1) is 5.69 Å². The van der Waals surface area contributed by atoms with Gasteiger partial charge in [0.2, 0.25) is 0 Å². The van der Waals surface area contributed by atoms with E-state index in [1.165, 1.54) is 13.1 Å². The molecule has 16 heavy (non-hydrogen) atoms. The van der Waals surface area contributed by atoms with E-state index >= 15 is 0 Å². The van der Waals surface area contributed by atoms with Gasteiger partial charge in [0.1, 0.15) is 0 Å². The van der Waals surface area contributed by atoms with Crippen molar-refractivity contribution in [3.05, 3.63) is 54.7 Å². The molecule has 0 atom stereocenters. The van der Waals surface area contributed by atoms with Crippen LogP contribution in [0.2, 0.25) is 0 Å².